The van der Waals surface area contributed by atoms with Crippen LogP contribution >= 0.6 is 0 Å². The van der Waals surface area contributed by atoms with Crippen LogP contribution in [0.4, 0.5) is 5.69 Å². The van der Waals surface area contributed by atoms with Crippen molar-refractivity contribution in [1.82, 2.24) is 4.90 Å². The van der Waals surface area contributed by atoms with Gasteiger partial charge in [0, 0.05) is 17.8 Å². The third-order valence-corrected chi connectivity index (χ3v) is 4.93. The summed E-state index contributed by atoms with van der Waals surface area (Å²) in [6, 6.07) is 15.5. The first-order chi connectivity index (χ1) is 13.2. The van der Waals surface area contributed by atoms with Crippen LogP contribution in [0.3, 0.4) is 0 Å². The number of hydrogen-bond donors (Lipinski definition) is 1. The Bertz CT molecular complexity index is 721. The van der Waals surface area contributed by atoms with Gasteiger partial charge in [-0.05, 0) is 68.2 Å². The van der Waals surface area contributed by atoms with Crippen molar-refractivity contribution >= 4 is 11.6 Å². The Labute approximate surface area is 162 Å². The summed E-state index contributed by atoms with van der Waals surface area (Å²) in [5.41, 5.74) is 2.72. The molecule has 4 heteroatoms. The van der Waals surface area contributed by atoms with E-state index in [1.54, 1.807) is 6.07 Å². The molecule has 0 saturated carbocycles. The highest BCUT2D eigenvalue weighted by atomic mass is 16.5. The molecule has 1 heterocycles. The average molecular weight is 367 g/mol. The lowest BCUT2D eigenvalue weighted by Crippen LogP contribution is -2.29. The zero-order chi connectivity index (χ0) is 18.9. The van der Waals surface area contributed by atoms with Crippen LogP contribution in [0.2, 0.25) is 0 Å². The topological polar surface area (TPSA) is 41.6 Å². The van der Waals surface area contributed by atoms with E-state index in [-0.39, 0.29) is 5.91 Å². The van der Waals surface area contributed by atoms with Gasteiger partial charge in [0.05, 0.1) is 6.61 Å². The molecule has 4 nitrogen and oxygen atoms in total. The monoisotopic (exact) mass is 366 g/mol. The third-order valence-electron chi connectivity index (χ3n) is 4.93. The van der Waals surface area contributed by atoms with Crippen LogP contribution in [0.15, 0.2) is 48.5 Å². The van der Waals surface area contributed by atoms with Gasteiger partial charge in [-0.25, -0.2) is 0 Å². The molecule has 0 spiro atoms. The van der Waals surface area contributed by atoms with Gasteiger partial charge in [-0.15, -0.1) is 0 Å². The molecule has 0 aromatic heterocycles. The highest BCUT2D eigenvalue weighted by Gasteiger charge is 2.11. The van der Waals surface area contributed by atoms with Crippen molar-refractivity contribution in [2.24, 2.45) is 0 Å². The lowest BCUT2D eigenvalue weighted by atomic mass is 10.1. The molecule has 1 fully saturated rings. The molecule has 27 heavy (non-hydrogen) atoms. The molecular weight excluding hydrogens is 336 g/mol. The van der Waals surface area contributed by atoms with Gasteiger partial charge < -0.3 is 10.1 Å². The van der Waals surface area contributed by atoms with Gasteiger partial charge in [0.1, 0.15) is 5.75 Å². The number of unbranched alkanes of at least 4 members (excludes halogenated alkanes) is 1. The summed E-state index contributed by atoms with van der Waals surface area (Å²) >= 11 is 0. The molecule has 1 amide bonds. The van der Waals surface area contributed by atoms with Gasteiger partial charge in [0.2, 0.25) is 0 Å². The summed E-state index contributed by atoms with van der Waals surface area (Å²) in [7, 11) is 0. The van der Waals surface area contributed by atoms with E-state index in [0.29, 0.717) is 12.2 Å². The molecule has 1 saturated heterocycles. The van der Waals surface area contributed by atoms with Crippen molar-refractivity contribution in [2.45, 2.75) is 45.6 Å². The second-order valence-electron chi connectivity index (χ2n) is 7.22. The first kappa shape index (κ1) is 19.4. The molecule has 0 unspecified atom stereocenters. The van der Waals surface area contributed by atoms with E-state index in [4.69, 9.17) is 4.74 Å². The number of carbonyl (C=O) groups excluding carboxylic acids is 1. The summed E-state index contributed by atoms with van der Waals surface area (Å²) in [6.07, 6.45) is 6.06. The predicted molar refractivity (Wildman–Crippen MR) is 110 cm³/mol. The molecule has 0 atom stereocenters. The van der Waals surface area contributed by atoms with E-state index in [1.807, 2.05) is 30.3 Å². The molecule has 0 bridgehead atoms. The van der Waals surface area contributed by atoms with Crippen molar-refractivity contribution in [2.75, 3.05) is 25.0 Å². The summed E-state index contributed by atoms with van der Waals surface area (Å²) in [6.45, 7) is 6.18. The van der Waals surface area contributed by atoms with Gasteiger partial charge in [-0.2, -0.15) is 0 Å². The van der Waals surface area contributed by atoms with Crippen molar-refractivity contribution in [3.63, 3.8) is 0 Å². The molecule has 1 N–H and O–H groups in total. The van der Waals surface area contributed by atoms with Crippen LogP contribution in [0.1, 0.15) is 54.9 Å². The molecule has 0 radical (unpaired) electrons. The number of rotatable bonds is 8. The fraction of sp³-hybridized carbons (Fsp3) is 0.435. The van der Waals surface area contributed by atoms with Crippen molar-refractivity contribution < 1.29 is 9.53 Å². The predicted octanol–water partition coefficient (Wildman–Crippen LogP) is 5.10. The number of hydrogen-bond acceptors (Lipinski definition) is 3. The van der Waals surface area contributed by atoms with Gasteiger partial charge in [-0.3, -0.25) is 9.69 Å². The zero-order valence-corrected chi connectivity index (χ0v) is 16.2. The molecule has 3 rings (SSSR count). The molecule has 1 aliphatic rings. The van der Waals surface area contributed by atoms with E-state index in [9.17, 15) is 4.79 Å². The highest BCUT2D eigenvalue weighted by Crippen LogP contribution is 2.18. The normalized spacial score (nSPS) is 14.7. The quantitative estimate of drug-likeness (QED) is 0.661. The van der Waals surface area contributed by atoms with E-state index >= 15 is 0 Å². The smallest absolute Gasteiger partial charge is 0.255 e. The van der Waals surface area contributed by atoms with Crippen molar-refractivity contribution in [1.29, 1.82) is 0 Å². The van der Waals surface area contributed by atoms with Gasteiger partial charge in [0.15, 0.2) is 0 Å². The Morgan fingerprint density at radius 3 is 2.59 bits per heavy atom. The molecule has 2 aromatic rings. The van der Waals surface area contributed by atoms with Crippen molar-refractivity contribution in [3.8, 4) is 5.75 Å². The molecule has 1 aliphatic heterocycles. The van der Waals surface area contributed by atoms with Gasteiger partial charge >= 0.3 is 0 Å². The Hall–Kier alpha value is -2.33. The van der Waals surface area contributed by atoms with Crippen LogP contribution in [-0.4, -0.2) is 30.5 Å². The average Bonchev–Trinajstić information content (AvgIpc) is 2.71. The second-order valence-corrected chi connectivity index (χ2v) is 7.22. The number of nitrogens with zero attached hydrogens (tertiary/aromatic N) is 1. The number of carbonyl (C=O) groups is 1. The minimum absolute atomic E-state index is 0.111. The second kappa shape index (κ2) is 10.1. The van der Waals surface area contributed by atoms with Crippen LogP contribution in [0.5, 0.6) is 5.75 Å². The largest absolute Gasteiger partial charge is 0.494 e. The lowest BCUT2D eigenvalue weighted by molar-refractivity contribution is 0.102. The van der Waals surface area contributed by atoms with E-state index < -0.39 is 0 Å². The Kier molecular flexibility index (Phi) is 7.28. The van der Waals surface area contributed by atoms with E-state index in [0.717, 1.165) is 30.8 Å². The number of benzene rings is 2. The maximum Gasteiger partial charge on any atom is 0.255 e. The maximum atomic E-state index is 12.5. The first-order valence-corrected chi connectivity index (χ1v) is 10.1. The SMILES string of the molecule is CCCCOc1cccc(C(=O)Nc2ccc(CN3CCCCC3)cc2)c1. The van der Waals surface area contributed by atoms with Crippen LogP contribution in [0.25, 0.3) is 0 Å². The summed E-state index contributed by atoms with van der Waals surface area (Å²) in [5.74, 6) is 0.632. The number of nitrogens with one attached hydrogen (secondary N) is 1. The maximum absolute atomic E-state index is 12.5. The zero-order valence-electron chi connectivity index (χ0n) is 16.2. The number of anilines is 1. The molecule has 144 valence electrons. The third kappa shape index (κ3) is 6.10. The van der Waals surface area contributed by atoms with E-state index in [2.05, 4.69) is 29.3 Å². The fourth-order valence-electron chi connectivity index (χ4n) is 3.33. The summed E-state index contributed by atoms with van der Waals surface area (Å²) < 4.78 is 5.69. The van der Waals surface area contributed by atoms with Gasteiger partial charge in [-0.1, -0.05) is 38.0 Å². The molecule has 2 aromatic carbocycles. The van der Waals surface area contributed by atoms with Crippen LogP contribution in [-0.2, 0) is 6.54 Å². The first-order valence-electron chi connectivity index (χ1n) is 10.1. The number of amides is 1. The van der Waals surface area contributed by atoms with Crippen molar-refractivity contribution in [3.05, 3.63) is 59.7 Å². The Morgan fingerprint density at radius 1 is 1.07 bits per heavy atom. The minimum Gasteiger partial charge on any atom is -0.494 e. The standard InChI is InChI=1S/C23H30N2O2/c1-2-3-16-27-22-9-7-8-20(17-22)23(26)24-21-12-10-19(11-13-21)18-25-14-5-4-6-15-25/h7-13,17H,2-6,14-16,18H2,1H3,(H,24,26). The fourth-order valence-corrected chi connectivity index (χ4v) is 3.33. The number of likely N-dealkylation sites (tertiary alicyclic amines) is 1. The molecular formula is C23H30N2O2. The number of ether oxygens (including phenoxy) is 1. The highest BCUT2D eigenvalue weighted by molar-refractivity contribution is 6.04. The van der Waals surface area contributed by atoms with Gasteiger partial charge in [0.25, 0.3) is 5.91 Å². The summed E-state index contributed by atoms with van der Waals surface area (Å²) in [5, 5.41) is 2.98. The lowest BCUT2D eigenvalue weighted by Gasteiger charge is -2.26. The van der Waals surface area contributed by atoms with E-state index in [1.165, 1.54) is 37.9 Å². The Balaban J connectivity index is 1.55. The molecule has 0 aliphatic carbocycles. The van der Waals surface area contributed by atoms with Crippen LogP contribution < -0.4 is 10.1 Å². The minimum atomic E-state index is -0.111. The summed E-state index contributed by atoms with van der Waals surface area (Å²) in [4.78, 5) is 15.0. The number of piperidine rings is 1. The van der Waals surface area contributed by atoms with Crippen LogP contribution in [0, 0.1) is 0 Å². The Morgan fingerprint density at radius 2 is 1.85 bits per heavy atom.